The molecule has 0 saturated carbocycles. The maximum atomic E-state index is 12.1. The number of rotatable bonds is 7. The number of carbonyl (C=O) groups excluding carboxylic acids is 1. The van der Waals surface area contributed by atoms with Crippen molar-refractivity contribution in [1.29, 1.82) is 0 Å². The molecule has 1 rings (SSSR count). The van der Waals surface area contributed by atoms with Gasteiger partial charge in [0.15, 0.2) is 5.96 Å². The van der Waals surface area contributed by atoms with Crippen LogP contribution in [0.3, 0.4) is 0 Å². The molecular formula is C17H29IN4O2S. The van der Waals surface area contributed by atoms with E-state index in [0.29, 0.717) is 24.0 Å². The first-order chi connectivity index (χ1) is 11.3. The van der Waals surface area contributed by atoms with Crippen LogP contribution in [0.25, 0.3) is 0 Å². The molecule has 1 aromatic rings. The van der Waals surface area contributed by atoms with Crippen LogP contribution in [0.1, 0.15) is 26.3 Å². The van der Waals surface area contributed by atoms with Gasteiger partial charge in [0.05, 0.1) is 6.54 Å². The molecule has 1 aromatic carbocycles. The summed E-state index contributed by atoms with van der Waals surface area (Å²) in [5.74, 6) is 1.49. The summed E-state index contributed by atoms with van der Waals surface area (Å²) in [7, 11) is 0.697. The van der Waals surface area contributed by atoms with Crippen molar-refractivity contribution in [3.63, 3.8) is 0 Å². The highest BCUT2D eigenvalue weighted by atomic mass is 127. The Morgan fingerprint density at radius 1 is 1.16 bits per heavy atom. The van der Waals surface area contributed by atoms with E-state index >= 15 is 0 Å². The molecule has 1 amide bonds. The Morgan fingerprint density at radius 3 is 2.36 bits per heavy atom. The molecule has 6 nitrogen and oxygen atoms in total. The maximum Gasteiger partial charge on any atom is 0.239 e. The number of amides is 1. The van der Waals surface area contributed by atoms with E-state index in [0.717, 1.165) is 5.56 Å². The molecule has 0 radical (unpaired) electrons. The number of guanidine groups is 1. The van der Waals surface area contributed by atoms with Crippen LogP contribution in [-0.4, -0.2) is 47.5 Å². The molecule has 142 valence electrons. The molecule has 0 saturated heterocycles. The number of carbonyl (C=O) groups is 1. The van der Waals surface area contributed by atoms with Crippen LogP contribution >= 0.6 is 24.0 Å². The van der Waals surface area contributed by atoms with Crippen molar-refractivity contribution < 1.29 is 9.00 Å². The number of halogens is 1. The summed E-state index contributed by atoms with van der Waals surface area (Å²) >= 11 is 0. The highest BCUT2D eigenvalue weighted by Gasteiger charge is 2.13. The molecule has 0 aromatic heterocycles. The number of nitrogens with zero attached hydrogens (tertiary/aromatic N) is 1. The first kappa shape index (κ1) is 23.8. The van der Waals surface area contributed by atoms with Crippen molar-refractivity contribution in [3.8, 4) is 0 Å². The van der Waals surface area contributed by atoms with E-state index in [1.807, 2.05) is 51.1 Å². The predicted molar refractivity (Wildman–Crippen MR) is 116 cm³/mol. The van der Waals surface area contributed by atoms with Gasteiger partial charge in [-0.2, -0.15) is 0 Å². The van der Waals surface area contributed by atoms with E-state index < -0.39 is 10.8 Å². The van der Waals surface area contributed by atoms with E-state index in [1.54, 1.807) is 7.05 Å². The highest BCUT2D eigenvalue weighted by Crippen LogP contribution is 2.02. The Balaban J connectivity index is 0.00000576. The number of nitrogens with one attached hydrogen (secondary N) is 3. The lowest BCUT2D eigenvalue weighted by molar-refractivity contribution is -0.121. The molecule has 3 N–H and O–H groups in total. The van der Waals surface area contributed by atoms with Crippen LogP contribution in [0.2, 0.25) is 0 Å². The third kappa shape index (κ3) is 11.9. The molecule has 0 fully saturated rings. The number of hydrogen-bond donors (Lipinski definition) is 3. The average molecular weight is 480 g/mol. The lowest BCUT2D eigenvalue weighted by Gasteiger charge is -2.21. The highest BCUT2D eigenvalue weighted by molar-refractivity contribution is 14.0. The first-order valence-corrected chi connectivity index (χ1v) is 9.43. The van der Waals surface area contributed by atoms with Crippen LogP contribution in [0.5, 0.6) is 0 Å². The number of hydrogen-bond acceptors (Lipinski definition) is 3. The van der Waals surface area contributed by atoms with Crippen LogP contribution < -0.4 is 16.0 Å². The van der Waals surface area contributed by atoms with Crippen molar-refractivity contribution >= 4 is 46.6 Å². The van der Waals surface area contributed by atoms with Crippen LogP contribution in [0, 0.1) is 0 Å². The van der Waals surface area contributed by atoms with Crippen molar-refractivity contribution in [1.82, 2.24) is 16.0 Å². The van der Waals surface area contributed by atoms with Gasteiger partial charge in [0.1, 0.15) is 0 Å². The average Bonchev–Trinajstić information content (AvgIpc) is 2.50. The largest absolute Gasteiger partial charge is 0.355 e. The summed E-state index contributed by atoms with van der Waals surface area (Å²) in [6.07, 6.45) is 0. The second kappa shape index (κ2) is 12.2. The third-order valence-corrected chi connectivity index (χ3v) is 4.26. The monoisotopic (exact) mass is 480 g/mol. The molecule has 0 heterocycles. The maximum absolute atomic E-state index is 12.1. The second-order valence-corrected chi connectivity index (χ2v) is 8.00. The summed E-state index contributed by atoms with van der Waals surface area (Å²) in [6, 6.07) is 9.77. The fourth-order valence-electron chi connectivity index (χ4n) is 1.96. The van der Waals surface area contributed by atoms with Crippen LogP contribution in [0.4, 0.5) is 0 Å². The van der Waals surface area contributed by atoms with Gasteiger partial charge in [0.2, 0.25) is 5.91 Å². The molecule has 1 atom stereocenters. The Bertz CT molecular complexity index is 574. The Labute approximate surface area is 170 Å². The summed E-state index contributed by atoms with van der Waals surface area (Å²) in [5, 5.41) is 8.88. The lowest BCUT2D eigenvalue weighted by Crippen LogP contribution is -2.48. The quantitative estimate of drug-likeness (QED) is 0.315. The van der Waals surface area contributed by atoms with E-state index in [1.165, 1.54) is 0 Å². The van der Waals surface area contributed by atoms with Gasteiger partial charge in [-0.25, -0.2) is 0 Å². The standard InChI is InChI=1S/C17H28N4O2S.HI/c1-17(2,3)21-15(22)12-20-16(18-4)19-10-11-24(23)13-14-8-6-5-7-9-14;/h5-9H,10-13H2,1-4H3,(H,21,22)(H2,18,19,20);1H. The zero-order chi connectivity index (χ0) is 18.0. The molecule has 0 bridgehead atoms. The van der Waals surface area contributed by atoms with Crippen molar-refractivity contribution in [2.75, 3.05) is 25.9 Å². The van der Waals surface area contributed by atoms with Gasteiger partial charge in [-0.05, 0) is 26.3 Å². The minimum absolute atomic E-state index is 0. The number of benzene rings is 1. The summed E-state index contributed by atoms with van der Waals surface area (Å²) in [4.78, 5) is 15.8. The molecule has 8 heteroatoms. The molecule has 1 unspecified atom stereocenters. The summed E-state index contributed by atoms with van der Waals surface area (Å²) in [6.45, 7) is 6.46. The fraction of sp³-hybridized carbons (Fsp3) is 0.529. The smallest absolute Gasteiger partial charge is 0.239 e. The minimum atomic E-state index is -0.940. The van der Waals surface area contributed by atoms with Crippen LogP contribution in [0.15, 0.2) is 35.3 Å². The molecule has 0 aliphatic heterocycles. The normalized spacial score (nSPS) is 12.7. The molecular weight excluding hydrogens is 451 g/mol. The van der Waals surface area contributed by atoms with Gasteiger partial charge in [0.25, 0.3) is 0 Å². The minimum Gasteiger partial charge on any atom is -0.355 e. The first-order valence-electron chi connectivity index (χ1n) is 7.94. The van der Waals surface area contributed by atoms with E-state index in [9.17, 15) is 9.00 Å². The number of aliphatic imine (C=N–C) groups is 1. The van der Waals surface area contributed by atoms with Gasteiger partial charge in [-0.15, -0.1) is 24.0 Å². The Hall–Kier alpha value is -1.16. The SMILES string of the molecule is CN=C(NCCS(=O)Cc1ccccc1)NCC(=O)NC(C)(C)C.I. The Kier molecular flexibility index (Phi) is 11.7. The lowest BCUT2D eigenvalue weighted by atomic mass is 10.1. The zero-order valence-electron chi connectivity index (χ0n) is 15.3. The Morgan fingerprint density at radius 2 is 1.80 bits per heavy atom. The van der Waals surface area contributed by atoms with Gasteiger partial charge in [0, 0.05) is 41.4 Å². The summed E-state index contributed by atoms with van der Waals surface area (Å²) in [5.41, 5.74) is 0.807. The fourth-order valence-corrected chi connectivity index (χ4v) is 3.00. The van der Waals surface area contributed by atoms with Gasteiger partial charge in [-0.3, -0.25) is 14.0 Å². The van der Waals surface area contributed by atoms with Crippen molar-refractivity contribution in [2.24, 2.45) is 4.99 Å². The third-order valence-electron chi connectivity index (χ3n) is 2.95. The van der Waals surface area contributed by atoms with Crippen molar-refractivity contribution in [3.05, 3.63) is 35.9 Å². The van der Waals surface area contributed by atoms with Gasteiger partial charge < -0.3 is 16.0 Å². The van der Waals surface area contributed by atoms with E-state index in [4.69, 9.17) is 0 Å². The molecule has 0 aliphatic carbocycles. The van der Waals surface area contributed by atoms with E-state index in [-0.39, 0.29) is 42.0 Å². The summed E-state index contributed by atoms with van der Waals surface area (Å²) < 4.78 is 12.1. The van der Waals surface area contributed by atoms with Crippen molar-refractivity contribution in [2.45, 2.75) is 32.1 Å². The second-order valence-electron chi connectivity index (χ2n) is 6.42. The van der Waals surface area contributed by atoms with Gasteiger partial charge >= 0.3 is 0 Å². The molecule has 25 heavy (non-hydrogen) atoms. The zero-order valence-corrected chi connectivity index (χ0v) is 18.4. The van der Waals surface area contributed by atoms with Gasteiger partial charge in [-0.1, -0.05) is 30.3 Å². The topological polar surface area (TPSA) is 82.6 Å². The van der Waals surface area contributed by atoms with Crippen LogP contribution in [-0.2, 0) is 21.3 Å². The predicted octanol–water partition coefficient (Wildman–Crippen LogP) is 1.63. The molecule has 0 spiro atoms. The van der Waals surface area contributed by atoms with E-state index in [2.05, 4.69) is 20.9 Å². The molecule has 0 aliphatic rings.